The predicted molar refractivity (Wildman–Crippen MR) is 125 cm³/mol. The summed E-state index contributed by atoms with van der Waals surface area (Å²) in [5, 5.41) is 9.29. The number of aliphatic carboxylic acids is 1. The van der Waals surface area contributed by atoms with Crippen LogP contribution in [0.25, 0.3) is 6.08 Å². The van der Waals surface area contributed by atoms with Gasteiger partial charge in [-0.05, 0) is 48.0 Å². The molecule has 1 aliphatic heterocycles. The Bertz CT molecular complexity index is 1300. The van der Waals surface area contributed by atoms with Gasteiger partial charge in [0.25, 0.3) is 0 Å². The van der Waals surface area contributed by atoms with Crippen LogP contribution in [0.5, 0.6) is 11.5 Å². The zero-order valence-corrected chi connectivity index (χ0v) is 20.7. The SMILES string of the molecule is COc1cc(C=CC(=O)O)cc(S(=O)(=O)N2CCN(S(=O)(=O)c3ccc(Cl)cc3)CC2)c1OC. The van der Waals surface area contributed by atoms with Crippen LogP contribution in [0.2, 0.25) is 5.02 Å². The number of hydrogen-bond donors (Lipinski definition) is 1. The molecule has 1 heterocycles. The highest BCUT2D eigenvalue weighted by Crippen LogP contribution is 2.38. The van der Waals surface area contributed by atoms with E-state index in [-0.39, 0.29) is 53.0 Å². The van der Waals surface area contributed by atoms with Crippen molar-refractivity contribution in [3.8, 4) is 11.5 Å². The van der Waals surface area contributed by atoms with E-state index < -0.39 is 26.0 Å². The molecule has 34 heavy (non-hydrogen) atoms. The Labute approximate surface area is 203 Å². The van der Waals surface area contributed by atoms with Gasteiger partial charge in [-0.25, -0.2) is 21.6 Å². The number of benzene rings is 2. The molecule has 1 fully saturated rings. The molecular weight excluding hydrogens is 508 g/mol. The van der Waals surface area contributed by atoms with Crippen molar-refractivity contribution in [1.82, 2.24) is 8.61 Å². The number of rotatable bonds is 8. The molecule has 13 heteroatoms. The summed E-state index contributed by atoms with van der Waals surface area (Å²) in [6.07, 6.45) is 2.11. The van der Waals surface area contributed by atoms with E-state index in [1.54, 1.807) is 0 Å². The summed E-state index contributed by atoms with van der Waals surface area (Å²) in [6.45, 7) is -0.282. The molecule has 184 valence electrons. The fourth-order valence-corrected chi connectivity index (χ4v) is 6.62. The normalized spacial score (nSPS) is 16.0. The van der Waals surface area contributed by atoms with E-state index in [1.165, 1.54) is 61.0 Å². The molecule has 0 bridgehead atoms. The molecule has 0 aromatic heterocycles. The second kappa shape index (κ2) is 10.3. The molecular formula is C21H23ClN2O8S2. The zero-order chi connectivity index (χ0) is 25.1. The standard InChI is InChI=1S/C21H23ClN2O8S2/c1-31-18-13-15(3-8-20(25)26)14-19(21(18)32-2)34(29,30)24-11-9-23(10-12-24)33(27,28)17-6-4-16(22)5-7-17/h3-8,13-14H,9-12H2,1-2H3,(H,25,26). The van der Waals surface area contributed by atoms with Gasteiger partial charge in [0.1, 0.15) is 4.90 Å². The van der Waals surface area contributed by atoms with Crippen LogP contribution >= 0.6 is 11.6 Å². The van der Waals surface area contributed by atoms with Gasteiger partial charge in [-0.1, -0.05) is 11.6 Å². The number of piperazine rings is 1. The van der Waals surface area contributed by atoms with Crippen LogP contribution in [0.3, 0.4) is 0 Å². The molecule has 0 spiro atoms. The van der Waals surface area contributed by atoms with Crippen LogP contribution in [-0.4, -0.2) is 76.9 Å². The predicted octanol–water partition coefficient (Wildman–Crippen LogP) is 2.15. The van der Waals surface area contributed by atoms with Crippen molar-refractivity contribution in [1.29, 1.82) is 0 Å². The van der Waals surface area contributed by atoms with E-state index in [2.05, 4.69) is 0 Å². The molecule has 2 aromatic rings. The quantitative estimate of drug-likeness (QED) is 0.514. The van der Waals surface area contributed by atoms with Crippen molar-refractivity contribution < 1.29 is 36.2 Å². The summed E-state index contributed by atoms with van der Waals surface area (Å²) in [5.41, 5.74) is 0.280. The number of carboxylic acid groups (broad SMARTS) is 1. The van der Waals surface area contributed by atoms with Gasteiger partial charge in [-0.2, -0.15) is 8.61 Å². The number of hydrogen-bond acceptors (Lipinski definition) is 7. The number of halogens is 1. The average Bonchev–Trinajstić information content (AvgIpc) is 2.82. The van der Waals surface area contributed by atoms with Gasteiger partial charge < -0.3 is 14.6 Å². The molecule has 0 radical (unpaired) electrons. The summed E-state index contributed by atoms with van der Waals surface area (Å²) >= 11 is 5.83. The molecule has 1 saturated heterocycles. The first kappa shape index (κ1) is 26.0. The Morgan fingerprint density at radius 1 is 0.941 bits per heavy atom. The molecule has 3 rings (SSSR count). The summed E-state index contributed by atoms with van der Waals surface area (Å²) in [7, 11) is -5.32. The summed E-state index contributed by atoms with van der Waals surface area (Å²) in [6, 6.07) is 8.48. The first-order valence-corrected chi connectivity index (χ1v) is 13.2. The number of sulfonamides is 2. The van der Waals surface area contributed by atoms with Crippen LogP contribution in [0, 0.1) is 0 Å². The van der Waals surface area contributed by atoms with Gasteiger partial charge in [-0.15, -0.1) is 0 Å². The topological polar surface area (TPSA) is 131 Å². The third kappa shape index (κ3) is 5.36. The first-order chi connectivity index (χ1) is 16.0. The van der Waals surface area contributed by atoms with Gasteiger partial charge >= 0.3 is 5.97 Å². The fraction of sp³-hybridized carbons (Fsp3) is 0.286. The minimum atomic E-state index is -4.13. The van der Waals surface area contributed by atoms with Gasteiger partial charge in [0.2, 0.25) is 20.0 Å². The largest absolute Gasteiger partial charge is 0.493 e. The van der Waals surface area contributed by atoms with E-state index in [0.29, 0.717) is 5.02 Å². The molecule has 1 N–H and O–H groups in total. The van der Waals surface area contributed by atoms with Gasteiger partial charge in [-0.3, -0.25) is 0 Å². The fourth-order valence-electron chi connectivity index (χ4n) is 3.45. The van der Waals surface area contributed by atoms with Gasteiger partial charge in [0, 0.05) is 37.3 Å². The monoisotopic (exact) mass is 530 g/mol. The highest BCUT2D eigenvalue weighted by molar-refractivity contribution is 7.89. The van der Waals surface area contributed by atoms with Gasteiger partial charge in [0.05, 0.1) is 19.1 Å². The molecule has 0 atom stereocenters. The van der Waals surface area contributed by atoms with Crippen LogP contribution in [0.15, 0.2) is 52.3 Å². The molecule has 0 amide bonds. The average molecular weight is 531 g/mol. The maximum atomic E-state index is 13.5. The van der Waals surface area contributed by atoms with Crippen LogP contribution in [0.1, 0.15) is 5.56 Å². The molecule has 0 saturated carbocycles. The van der Waals surface area contributed by atoms with Crippen molar-refractivity contribution in [2.45, 2.75) is 9.79 Å². The second-order valence-corrected chi connectivity index (χ2v) is 11.5. The Balaban J connectivity index is 1.89. The number of carboxylic acids is 1. The van der Waals surface area contributed by atoms with Crippen molar-refractivity contribution in [3.05, 3.63) is 53.1 Å². The highest BCUT2D eigenvalue weighted by atomic mass is 35.5. The van der Waals surface area contributed by atoms with Crippen molar-refractivity contribution in [2.24, 2.45) is 0 Å². The number of ether oxygens (including phenoxy) is 2. The first-order valence-electron chi connectivity index (χ1n) is 9.93. The van der Waals surface area contributed by atoms with Crippen LogP contribution in [-0.2, 0) is 24.8 Å². The number of methoxy groups -OCH3 is 2. The maximum absolute atomic E-state index is 13.5. The van der Waals surface area contributed by atoms with E-state index in [4.69, 9.17) is 26.2 Å². The third-order valence-corrected chi connectivity index (χ3v) is 9.22. The van der Waals surface area contributed by atoms with Crippen molar-refractivity contribution >= 4 is 43.7 Å². The Kier molecular flexibility index (Phi) is 7.88. The van der Waals surface area contributed by atoms with Crippen molar-refractivity contribution in [2.75, 3.05) is 40.4 Å². The minimum absolute atomic E-state index is 0.0359. The summed E-state index contributed by atoms with van der Waals surface area (Å²) in [5.74, 6) is -1.12. The van der Waals surface area contributed by atoms with E-state index in [9.17, 15) is 21.6 Å². The molecule has 0 unspecified atom stereocenters. The van der Waals surface area contributed by atoms with E-state index in [0.717, 1.165) is 10.4 Å². The van der Waals surface area contributed by atoms with Crippen LogP contribution < -0.4 is 9.47 Å². The lowest BCUT2D eigenvalue weighted by atomic mass is 10.2. The molecule has 10 nitrogen and oxygen atoms in total. The number of carbonyl (C=O) groups is 1. The Morgan fingerprint density at radius 2 is 1.50 bits per heavy atom. The highest BCUT2D eigenvalue weighted by Gasteiger charge is 2.36. The molecule has 0 aliphatic carbocycles. The minimum Gasteiger partial charge on any atom is -0.493 e. The molecule has 1 aliphatic rings. The zero-order valence-electron chi connectivity index (χ0n) is 18.3. The van der Waals surface area contributed by atoms with Crippen LogP contribution in [0.4, 0.5) is 0 Å². The lowest BCUT2D eigenvalue weighted by Gasteiger charge is -2.33. The smallest absolute Gasteiger partial charge is 0.328 e. The van der Waals surface area contributed by atoms with Gasteiger partial charge in [0.15, 0.2) is 11.5 Å². The lowest BCUT2D eigenvalue weighted by Crippen LogP contribution is -2.50. The maximum Gasteiger partial charge on any atom is 0.328 e. The Hall–Kier alpha value is -2.64. The summed E-state index contributed by atoms with van der Waals surface area (Å²) < 4.78 is 65.6. The Morgan fingerprint density at radius 3 is 2.00 bits per heavy atom. The van der Waals surface area contributed by atoms with E-state index >= 15 is 0 Å². The number of nitrogens with zero attached hydrogens (tertiary/aromatic N) is 2. The van der Waals surface area contributed by atoms with Crippen molar-refractivity contribution in [3.63, 3.8) is 0 Å². The molecule has 2 aromatic carbocycles. The third-order valence-electron chi connectivity index (χ3n) is 5.15. The lowest BCUT2D eigenvalue weighted by molar-refractivity contribution is -0.131. The second-order valence-electron chi connectivity index (χ2n) is 7.19. The summed E-state index contributed by atoms with van der Waals surface area (Å²) in [4.78, 5) is 10.7. The van der Waals surface area contributed by atoms with E-state index in [1.807, 2.05) is 0 Å².